The molecule has 0 fully saturated rings. The van der Waals surface area contributed by atoms with Crippen molar-refractivity contribution in [3.8, 4) is 0 Å². The number of aryl methyl sites for hydroxylation is 1. The van der Waals surface area contributed by atoms with Crippen molar-refractivity contribution in [2.75, 3.05) is 0 Å². The van der Waals surface area contributed by atoms with Gasteiger partial charge in [-0.15, -0.1) is 11.3 Å². The lowest BCUT2D eigenvalue weighted by Gasteiger charge is -2.02. The molecule has 0 aliphatic carbocycles. The van der Waals surface area contributed by atoms with Crippen LogP contribution in [0.2, 0.25) is 0 Å². The highest BCUT2D eigenvalue weighted by Crippen LogP contribution is 2.25. The Morgan fingerprint density at radius 3 is 2.69 bits per heavy atom. The van der Waals surface area contributed by atoms with Gasteiger partial charge in [0.2, 0.25) is 5.78 Å². The van der Waals surface area contributed by atoms with Crippen LogP contribution in [0.15, 0.2) is 34.8 Å². The predicted molar refractivity (Wildman–Crippen MR) is 79.3 cm³/mol. The first-order chi connectivity index (χ1) is 7.58. The summed E-state index contributed by atoms with van der Waals surface area (Å²) in [7, 11) is 0. The fraction of sp³-hybridized carbons (Fsp3) is 0.0833. The Morgan fingerprint density at radius 2 is 2.06 bits per heavy atom. The van der Waals surface area contributed by atoms with E-state index in [2.05, 4.69) is 38.5 Å². The zero-order chi connectivity index (χ0) is 11.7. The molecule has 0 saturated carbocycles. The van der Waals surface area contributed by atoms with Crippen LogP contribution >= 0.6 is 49.9 Å². The molecule has 1 nitrogen and oxygen atoms in total. The van der Waals surface area contributed by atoms with Crippen LogP contribution in [0, 0.1) is 10.5 Å². The maximum atomic E-state index is 12.2. The van der Waals surface area contributed by atoms with Crippen LogP contribution in [0.1, 0.15) is 20.1 Å². The molecule has 4 heteroatoms. The molecule has 82 valence electrons. The van der Waals surface area contributed by atoms with E-state index in [1.165, 1.54) is 11.3 Å². The maximum absolute atomic E-state index is 12.2. The van der Waals surface area contributed by atoms with E-state index in [9.17, 15) is 4.79 Å². The summed E-state index contributed by atoms with van der Waals surface area (Å²) in [6, 6.07) is 9.65. The topological polar surface area (TPSA) is 17.1 Å². The van der Waals surface area contributed by atoms with Gasteiger partial charge >= 0.3 is 0 Å². The third-order valence-corrected chi connectivity index (χ3v) is 4.50. The Bertz CT molecular complexity index is 548. The molecule has 0 saturated heterocycles. The van der Waals surface area contributed by atoms with Gasteiger partial charge in [-0.05, 0) is 59.8 Å². The summed E-state index contributed by atoms with van der Waals surface area (Å²) in [5, 5.41) is 0. The summed E-state index contributed by atoms with van der Waals surface area (Å²) in [6.45, 7) is 2.01. The van der Waals surface area contributed by atoms with Gasteiger partial charge in [0.1, 0.15) is 0 Å². The first kappa shape index (κ1) is 12.3. The average Bonchev–Trinajstić information content (AvgIpc) is 2.67. The minimum atomic E-state index is 0.0866. The summed E-state index contributed by atoms with van der Waals surface area (Å²) >= 11 is 7.16. The van der Waals surface area contributed by atoms with Gasteiger partial charge in [0.15, 0.2) is 0 Å². The van der Waals surface area contributed by atoms with Crippen molar-refractivity contribution >= 4 is 55.6 Å². The van der Waals surface area contributed by atoms with Crippen molar-refractivity contribution in [2.45, 2.75) is 6.92 Å². The smallest absolute Gasteiger partial charge is 0.204 e. The van der Waals surface area contributed by atoms with Gasteiger partial charge in [-0.2, -0.15) is 0 Å². The highest BCUT2D eigenvalue weighted by molar-refractivity contribution is 14.1. The van der Waals surface area contributed by atoms with E-state index in [4.69, 9.17) is 0 Å². The number of ketones is 1. The van der Waals surface area contributed by atoms with Crippen LogP contribution in [0.4, 0.5) is 0 Å². The Labute approximate surface area is 120 Å². The molecule has 0 aliphatic heterocycles. The second kappa shape index (κ2) is 4.98. The molecular formula is C12H8BrIOS. The molecule has 0 amide bonds. The van der Waals surface area contributed by atoms with Crippen LogP contribution in [0.25, 0.3) is 0 Å². The lowest BCUT2D eigenvalue weighted by atomic mass is 10.1. The summed E-state index contributed by atoms with van der Waals surface area (Å²) < 4.78 is 1.92. The zero-order valence-corrected chi connectivity index (χ0v) is 13.0. The average molecular weight is 407 g/mol. The fourth-order valence-electron chi connectivity index (χ4n) is 1.36. The molecule has 0 spiro atoms. The van der Waals surface area contributed by atoms with E-state index < -0.39 is 0 Å². The predicted octanol–water partition coefficient (Wildman–Crippen LogP) is 4.65. The van der Waals surface area contributed by atoms with Crippen LogP contribution in [0.5, 0.6) is 0 Å². The number of hydrogen-bond donors (Lipinski definition) is 0. The molecule has 0 bridgehead atoms. The number of hydrogen-bond acceptors (Lipinski definition) is 2. The highest BCUT2D eigenvalue weighted by Gasteiger charge is 2.14. The summed E-state index contributed by atoms with van der Waals surface area (Å²) in [4.78, 5) is 14.2. The van der Waals surface area contributed by atoms with Gasteiger partial charge in [0.05, 0.1) is 4.88 Å². The Balaban J connectivity index is 2.45. The number of halogens is 2. The molecule has 1 aromatic carbocycles. The van der Waals surface area contributed by atoms with E-state index in [0.29, 0.717) is 0 Å². The van der Waals surface area contributed by atoms with Crippen LogP contribution < -0.4 is 0 Å². The molecular weight excluding hydrogens is 399 g/mol. The van der Waals surface area contributed by atoms with Gasteiger partial charge in [-0.25, -0.2) is 0 Å². The lowest BCUT2D eigenvalue weighted by molar-refractivity contribution is 0.104. The standard InChI is InChI=1S/C12H8BrIOS/c1-7-2-5-11(16-7)12(15)9-6-8(14)3-4-10(9)13/h2-6H,1H3. The van der Waals surface area contributed by atoms with E-state index in [1.807, 2.05) is 37.3 Å². The number of carbonyl (C=O) groups excluding carboxylic acids is 1. The first-order valence-corrected chi connectivity index (χ1v) is 7.33. The number of thiophene rings is 1. The second-order valence-electron chi connectivity index (χ2n) is 3.36. The van der Waals surface area contributed by atoms with E-state index in [1.54, 1.807) is 0 Å². The number of carbonyl (C=O) groups is 1. The Morgan fingerprint density at radius 1 is 1.31 bits per heavy atom. The van der Waals surface area contributed by atoms with Crippen molar-refractivity contribution in [1.29, 1.82) is 0 Å². The maximum Gasteiger partial charge on any atom is 0.204 e. The molecule has 0 unspecified atom stereocenters. The third kappa shape index (κ3) is 2.55. The minimum Gasteiger partial charge on any atom is -0.288 e. The zero-order valence-electron chi connectivity index (χ0n) is 8.46. The summed E-state index contributed by atoms with van der Waals surface area (Å²) in [5.74, 6) is 0.0866. The molecule has 0 N–H and O–H groups in total. The molecule has 0 atom stereocenters. The Kier molecular flexibility index (Phi) is 3.81. The van der Waals surface area contributed by atoms with E-state index in [0.717, 1.165) is 23.4 Å². The van der Waals surface area contributed by atoms with Gasteiger partial charge < -0.3 is 0 Å². The van der Waals surface area contributed by atoms with E-state index >= 15 is 0 Å². The molecule has 0 aliphatic rings. The van der Waals surface area contributed by atoms with Gasteiger partial charge in [-0.3, -0.25) is 4.79 Å². The largest absolute Gasteiger partial charge is 0.288 e. The fourth-order valence-corrected chi connectivity index (χ4v) is 3.10. The van der Waals surface area contributed by atoms with Crippen LogP contribution in [0.3, 0.4) is 0 Å². The first-order valence-electron chi connectivity index (χ1n) is 4.64. The van der Waals surface area contributed by atoms with Crippen molar-refractivity contribution in [1.82, 2.24) is 0 Å². The van der Waals surface area contributed by atoms with E-state index in [-0.39, 0.29) is 5.78 Å². The minimum absolute atomic E-state index is 0.0866. The third-order valence-electron chi connectivity index (χ3n) is 2.14. The normalized spacial score (nSPS) is 10.4. The quantitative estimate of drug-likeness (QED) is 0.523. The monoisotopic (exact) mass is 406 g/mol. The molecule has 1 heterocycles. The molecule has 16 heavy (non-hydrogen) atoms. The van der Waals surface area contributed by atoms with Crippen molar-refractivity contribution in [3.63, 3.8) is 0 Å². The van der Waals surface area contributed by atoms with Crippen molar-refractivity contribution in [3.05, 3.63) is 53.7 Å². The molecule has 1 aromatic heterocycles. The van der Waals surface area contributed by atoms with Gasteiger partial charge in [0, 0.05) is 18.5 Å². The number of rotatable bonds is 2. The van der Waals surface area contributed by atoms with Crippen LogP contribution in [-0.4, -0.2) is 5.78 Å². The molecule has 0 radical (unpaired) electrons. The summed E-state index contributed by atoms with van der Waals surface area (Å²) in [5.41, 5.74) is 0.730. The highest BCUT2D eigenvalue weighted by atomic mass is 127. The molecule has 2 aromatic rings. The second-order valence-corrected chi connectivity index (χ2v) is 6.75. The number of benzene rings is 1. The lowest BCUT2D eigenvalue weighted by Crippen LogP contribution is -2.00. The summed E-state index contributed by atoms with van der Waals surface area (Å²) in [6.07, 6.45) is 0. The van der Waals surface area contributed by atoms with Crippen LogP contribution in [-0.2, 0) is 0 Å². The SMILES string of the molecule is Cc1ccc(C(=O)c2cc(I)ccc2Br)s1. The van der Waals surface area contributed by atoms with Gasteiger partial charge in [0.25, 0.3) is 0 Å². The Hall–Kier alpha value is -0.200. The van der Waals surface area contributed by atoms with Crippen molar-refractivity contribution < 1.29 is 4.79 Å². The molecule has 2 rings (SSSR count). The van der Waals surface area contributed by atoms with Crippen molar-refractivity contribution in [2.24, 2.45) is 0 Å². The van der Waals surface area contributed by atoms with Gasteiger partial charge in [-0.1, -0.05) is 15.9 Å².